The third kappa shape index (κ3) is 2.28. The van der Waals surface area contributed by atoms with Crippen LogP contribution in [0.2, 0.25) is 0 Å². The van der Waals surface area contributed by atoms with Crippen molar-refractivity contribution in [1.82, 2.24) is 15.2 Å². The number of aromatic amines is 1. The summed E-state index contributed by atoms with van der Waals surface area (Å²) < 4.78 is 0. The second-order valence-electron chi connectivity index (χ2n) is 4.13. The van der Waals surface area contributed by atoms with Gasteiger partial charge in [0, 0.05) is 19.5 Å². The number of rotatable bonds is 3. The lowest BCUT2D eigenvalue weighted by Crippen LogP contribution is -2.38. The van der Waals surface area contributed by atoms with E-state index < -0.39 is 0 Å². The Balaban J connectivity index is 2.03. The number of anilines is 1. The number of nitrogens with one attached hydrogen (secondary N) is 1. The van der Waals surface area contributed by atoms with Gasteiger partial charge in [-0.3, -0.25) is 5.10 Å². The normalized spacial score (nSPS) is 22.0. The molecule has 84 valence electrons. The van der Waals surface area contributed by atoms with Crippen LogP contribution in [0.1, 0.15) is 25.6 Å². The number of hydrogen-bond donors (Lipinski definition) is 2. The zero-order valence-corrected chi connectivity index (χ0v) is 9.24. The van der Waals surface area contributed by atoms with Gasteiger partial charge in [-0.1, -0.05) is 6.92 Å². The van der Waals surface area contributed by atoms with Crippen LogP contribution in [0.3, 0.4) is 0 Å². The molecule has 3 N–H and O–H groups in total. The van der Waals surface area contributed by atoms with Gasteiger partial charge in [0.2, 0.25) is 5.95 Å². The molecule has 0 amide bonds. The Labute approximate surface area is 90.1 Å². The van der Waals surface area contributed by atoms with Crippen molar-refractivity contribution in [2.24, 2.45) is 11.7 Å². The Morgan fingerprint density at radius 2 is 2.47 bits per heavy atom. The number of piperidine rings is 1. The Hall–Kier alpha value is -1.10. The summed E-state index contributed by atoms with van der Waals surface area (Å²) in [5.41, 5.74) is 5.70. The molecule has 1 fully saturated rings. The molecule has 0 bridgehead atoms. The molecule has 15 heavy (non-hydrogen) atoms. The van der Waals surface area contributed by atoms with Gasteiger partial charge in [-0.15, -0.1) is 5.10 Å². The Morgan fingerprint density at radius 1 is 1.60 bits per heavy atom. The summed E-state index contributed by atoms with van der Waals surface area (Å²) >= 11 is 0. The fraction of sp³-hybridized carbons (Fsp3) is 0.800. The topological polar surface area (TPSA) is 70.8 Å². The maximum atomic E-state index is 5.70. The lowest BCUT2D eigenvalue weighted by atomic mass is 9.99. The highest BCUT2D eigenvalue weighted by molar-refractivity contribution is 5.29. The molecule has 1 aliphatic heterocycles. The fourth-order valence-corrected chi connectivity index (χ4v) is 2.02. The van der Waals surface area contributed by atoms with E-state index in [0.717, 1.165) is 37.8 Å². The zero-order chi connectivity index (χ0) is 10.7. The molecule has 0 aliphatic carbocycles. The third-order valence-corrected chi connectivity index (χ3v) is 2.99. The van der Waals surface area contributed by atoms with Gasteiger partial charge in [-0.2, -0.15) is 4.98 Å². The van der Waals surface area contributed by atoms with Crippen LogP contribution in [-0.2, 0) is 6.42 Å². The standard InChI is InChI=1S/C10H19N5/c1-2-9-12-10(14-13-9)15-5-3-4-8(6-11)7-15/h8H,2-7,11H2,1H3,(H,12,13,14). The van der Waals surface area contributed by atoms with Gasteiger partial charge in [0.25, 0.3) is 0 Å². The van der Waals surface area contributed by atoms with E-state index in [1.807, 2.05) is 0 Å². The predicted octanol–water partition coefficient (Wildman–Crippen LogP) is 0.542. The number of H-pyrrole nitrogens is 1. The van der Waals surface area contributed by atoms with Gasteiger partial charge in [0.05, 0.1) is 0 Å². The number of aryl methyl sites for hydroxylation is 1. The van der Waals surface area contributed by atoms with Gasteiger partial charge < -0.3 is 10.6 Å². The molecule has 1 unspecified atom stereocenters. The van der Waals surface area contributed by atoms with Crippen molar-refractivity contribution >= 4 is 5.95 Å². The van der Waals surface area contributed by atoms with E-state index in [1.54, 1.807) is 0 Å². The molecular formula is C10H19N5. The zero-order valence-electron chi connectivity index (χ0n) is 9.24. The fourth-order valence-electron chi connectivity index (χ4n) is 2.02. The summed E-state index contributed by atoms with van der Waals surface area (Å²) in [6.07, 6.45) is 3.33. The van der Waals surface area contributed by atoms with Crippen molar-refractivity contribution in [2.75, 3.05) is 24.5 Å². The van der Waals surface area contributed by atoms with Gasteiger partial charge in [-0.05, 0) is 25.3 Å². The second-order valence-corrected chi connectivity index (χ2v) is 4.13. The smallest absolute Gasteiger partial charge is 0.244 e. The molecule has 0 aromatic carbocycles. The summed E-state index contributed by atoms with van der Waals surface area (Å²) in [4.78, 5) is 6.67. The molecule has 1 aromatic heterocycles. The first-order chi connectivity index (χ1) is 7.33. The van der Waals surface area contributed by atoms with Crippen LogP contribution in [0.25, 0.3) is 0 Å². The minimum Gasteiger partial charge on any atom is -0.339 e. The summed E-state index contributed by atoms with van der Waals surface area (Å²) in [6, 6.07) is 0. The van der Waals surface area contributed by atoms with Crippen molar-refractivity contribution < 1.29 is 0 Å². The Morgan fingerprint density at radius 3 is 3.13 bits per heavy atom. The average Bonchev–Trinajstić information content (AvgIpc) is 2.78. The molecule has 1 aliphatic rings. The average molecular weight is 209 g/mol. The monoisotopic (exact) mass is 209 g/mol. The van der Waals surface area contributed by atoms with Crippen LogP contribution in [-0.4, -0.2) is 34.8 Å². The quantitative estimate of drug-likeness (QED) is 0.762. The molecule has 2 heterocycles. The van der Waals surface area contributed by atoms with Crippen molar-refractivity contribution in [3.63, 3.8) is 0 Å². The van der Waals surface area contributed by atoms with Crippen LogP contribution in [0.5, 0.6) is 0 Å². The van der Waals surface area contributed by atoms with Crippen LogP contribution >= 0.6 is 0 Å². The Kier molecular flexibility index (Phi) is 3.20. The molecule has 5 nitrogen and oxygen atoms in total. The Bertz CT molecular complexity index is 309. The molecular weight excluding hydrogens is 190 g/mol. The summed E-state index contributed by atoms with van der Waals surface area (Å²) in [6.45, 7) is 4.89. The lowest BCUT2D eigenvalue weighted by molar-refractivity contribution is 0.419. The number of nitrogens with zero attached hydrogens (tertiary/aromatic N) is 3. The predicted molar refractivity (Wildman–Crippen MR) is 59.8 cm³/mol. The van der Waals surface area contributed by atoms with Gasteiger partial charge in [-0.25, -0.2) is 0 Å². The van der Waals surface area contributed by atoms with Crippen molar-refractivity contribution in [3.05, 3.63) is 5.82 Å². The minimum atomic E-state index is 0.599. The highest BCUT2D eigenvalue weighted by Gasteiger charge is 2.21. The van der Waals surface area contributed by atoms with Gasteiger partial charge in [0.15, 0.2) is 0 Å². The highest BCUT2D eigenvalue weighted by atomic mass is 15.4. The molecule has 1 atom stereocenters. The van der Waals surface area contributed by atoms with Crippen molar-refractivity contribution in [3.8, 4) is 0 Å². The first-order valence-corrected chi connectivity index (χ1v) is 5.69. The highest BCUT2D eigenvalue weighted by Crippen LogP contribution is 2.19. The summed E-state index contributed by atoms with van der Waals surface area (Å²) in [5.74, 6) is 2.40. The molecule has 5 heteroatoms. The van der Waals surface area contributed by atoms with Gasteiger partial charge in [0.1, 0.15) is 5.82 Å². The van der Waals surface area contributed by atoms with Crippen molar-refractivity contribution in [1.29, 1.82) is 0 Å². The van der Waals surface area contributed by atoms with E-state index >= 15 is 0 Å². The lowest BCUT2D eigenvalue weighted by Gasteiger charge is -2.31. The SMILES string of the molecule is CCc1nc(N2CCCC(CN)C2)n[nH]1. The van der Waals surface area contributed by atoms with E-state index in [2.05, 4.69) is 27.0 Å². The maximum absolute atomic E-state index is 5.70. The van der Waals surface area contributed by atoms with E-state index in [4.69, 9.17) is 5.73 Å². The van der Waals surface area contributed by atoms with E-state index in [-0.39, 0.29) is 0 Å². The van der Waals surface area contributed by atoms with E-state index in [1.165, 1.54) is 12.8 Å². The van der Waals surface area contributed by atoms with Crippen LogP contribution in [0.15, 0.2) is 0 Å². The molecule has 1 saturated heterocycles. The first-order valence-electron chi connectivity index (χ1n) is 5.69. The summed E-state index contributed by atoms with van der Waals surface area (Å²) in [5, 5.41) is 7.18. The number of nitrogens with two attached hydrogens (primary N) is 1. The number of aromatic nitrogens is 3. The molecule has 0 saturated carbocycles. The van der Waals surface area contributed by atoms with Gasteiger partial charge >= 0.3 is 0 Å². The molecule has 0 spiro atoms. The van der Waals surface area contributed by atoms with Crippen LogP contribution < -0.4 is 10.6 Å². The van der Waals surface area contributed by atoms with Crippen molar-refractivity contribution in [2.45, 2.75) is 26.2 Å². The second kappa shape index (κ2) is 4.61. The molecule has 1 aromatic rings. The number of hydrogen-bond acceptors (Lipinski definition) is 4. The molecule has 2 rings (SSSR count). The first kappa shape index (κ1) is 10.4. The largest absolute Gasteiger partial charge is 0.339 e. The van der Waals surface area contributed by atoms with Crippen LogP contribution in [0.4, 0.5) is 5.95 Å². The van der Waals surface area contributed by atoms with Crippen LogP contribution in [0, 0.1) is 5.92 Å². The van der Waals surface area contributed by atoms with E-state index in [9.17, 15) is 0 Å². The maximum Gasteiger partial charge on any atom is 0.244 e. The summed E-state index contributed by atoms with van der Waals surface area (Å²) in [7, 11) is 0. The van der Waals surface area contributed by atoms with E-state index in [0.29, 0.717) is 5.92 Å². The third-order valence-electron chi connectivity index (χ3n) is 2.99. The minimum absolute atomic E-state index is 0.599. The molecule has 0 radical (unpaired) electrons.